The number of aryl methyl sites for hydroxylation is 1. The number of Topliss-reactive ketones (excluding diaryl/α,β-unsaturated/α-hetero) is 1. The summed E-state index contributed by atoms with van der Waals surface area (Å²) in [7, 11) is -1.95. The molecule has 0 radical (unpaired) electrons. The maximum Gasteiger partial charge on any atom is 0.449 e. The molecule has 33 heavy (non-hydrogen) atoms. The molecule has 3 unspecified atom stereocenters. The third-order valence-corrected chi connectivity index (χ3v) is 13.4. The number of aliphatic hydroxyl groups is 1. The van der Waals surface area contributed by atoms with Crippen molar-refractivity contribution in [1.82, 2.24) is 0 Å². The van der Waals surface area contributed by atoms with Crippen molar-refractivity contribution in [3.63, 3.8) is 0 Å². The van der Waals surface area contributed by atoms with E-state index in [1.165, 1.54) is 11.1 Å². The summed E-state index contributed by atoms with van der Waals surface area (Å²) in [5.41, 5.74) is 1.27. The molecule has 2 fully saturated rings. The number of carbonyl (C=O) groups excluding carboxylic acids is 1. The first kappa shape index (κ1) is 24.4. The summed E-state index contributed by atoms with van der Waals surface area (Å²) in [6, 6.07) is 6.33. The van der Waals surface area contributed by atoms with Crippen LogP contribution in [-0.4, -0.2) is 25.4 Å². The number of fused-ring (bicyclic) bond motifs is 5. The van der Waals surface area contributed by atoms with Gasteiger partial charge in [-0.2, -0.15) is 13.2 Å². The van der Waals surface area contributed by atoms with Gasteiger partial charge in [-0.05, 0) is 91.2 Å². The van der Waals surface area contributed by atoms with Crippen LogP contribution in [0.4, 0.5) is 13.2 Å². The van der Waals surface area contributed by atoms with Gasteiger partial charge >= 0.3 is 6.18 Å². The Balaban J connectivity index is 1.62. The van der Waals surface area contributed by atoms with Gasteiger partial charge in [-0.3, -0.25) is 4.79 Å². The molecule has 2 saturated carbocycles. The zero-order valence-electron chi connectivity index (χ0n) is 20.4. The Morgan fingerprint density at radius 1 is 1.18 bits per heavy atom. The Bertz CT molecular complexity index is 1010. The van der Waals surface area contributed by atoms with Crippen LogP contribution in [0.2, 0.25) is 18.1 Å². The summed E-state index contributed by atoms with van der Waals surface area (Å²) < 4.78 is 46.0. The molecule has 0 amide bonds. The molecule has 1 aromatic rings. The molecule has 4 atom stereocenters. The molecule has 3 aliphatic carbocycles. The van der Waals surface area contributed by atoms with E-state index in [0.29, 0.717) is 6.42 Å². The first-order valence-corrected chi connectivity index (χ1v) is 14.8. The van der Waals surface area contributed by atoms with Crippen LogP contribution in [0.15, 0.2) is 29.5 Å². The highest BCUT2D eigenvalue weighted by Gasteiger charge is 2.58. The van der Waals surface area contributed by atoms with Crippen LogP contribution in [-0.2, 0) is 11.2 Å². The van der Waals surface area contributed by atoms with E-state index in [2.05, 4.69) is 46.0 Å². The van der Waals surface area contributed by atoms with Crippen LogP contribution in [0.1, 0.15) is 70.4 Å². The second kappa shape index (κ2) is 7.62. The third kappa shape index (κ3) is 3.94. The van der Waals surface area contributed by atoms with Gasteiger partial charge in [-0.15, -0.1) is 0 Å². The normalized spacial score (nSPS) is 31.5. The number of benzene rings is 1. The van der Waals surface area contributed by atoms with E-state index in [-0.39, 0.29) is 29.2 Å². The molecule has 0 saturated heterocycles. The lowest BCUT2D eigenvalue weighted by molar-refractivity contribution is -0.131. The Morgan fingerprint density at radius 3 is 2.45 bits per heavy atom. The van der Waals surface area contributed by atoms with E-state index >= 15 is 0 Å². The molecular formula is C26H35F3O3Si. The smallest absolute Gasteiger partial charge is 0.449 e. The van der Waals surface area contributed by atoms with Gasteiger partial charge in [0.15, 0.2) is 5.78 Å². The lowest BCUT2D eigenvalue weighted by Gasteiger charge is -2.48. The zero-order chi connectivity index (χ0) is 24.6. The van der Waals surface area contributed by atoms with E-state index in [1.807, 2.05) is 6.07 Å². The van der Waals surface area contributed by atoms with Crippen molar-refractivity contribution in [3.8, 4) is 5.75 Å². The average Bonchev–Trinajstić information content (AvgIpc) is 2.96. The number of allylic oxidation sites excluding steroid dienone is 2. The fourth-order valence-electron chi connectivity index (χ4n) is 6.08. The van der Waals surface area contributed by atoms with Crippen molar-refractivity contribution in [2.75, 3.05) is 0 Å². The summed E-state index contributed by atoms with van der Waals surface area (Å²) in [5, 5.41) is 9.88. The molecule has 182 valence electrons. The summed E-state index contributed by atoms with van der Waals surface area (Å²) >= 11 is 0. The van der Waals surface area contributed by atoms with Crippen molar-refractivity contribution in [3.05, 3.63) is 40.7 Å². The summed E-state index contributed by atoms with van der Waals surface area (Å²) in [4.78, 5) is 13.0. The van der Waals surface area contributed by atoms with E-state index in [1.54, 1.807) is 6.92 Å². The van der Waals surface area contributed by atoms with Crippen LogP contribution >= 0.6 is 0 Å². The highest BCUT2D eigenvalue weighted by atomic mass is 28.4. The molecule has 0 aromatic heterocycles. The number of alkyl halides is 3. The maximum atomic E-state index is 13.2. The molecule has 3 nitrogen and oxygen atoms in total. The van der Waals surface area contributed by atoms with E-state index in [4.69, 9.17) is 4.43 Å². The first-order chi connectivity index (χ1) is 15.1. The summed E-state index contributed by atoms with van der Waals surface area (Å²) in [6.07, 6.45) is -1.87. The minimum absolute atomic E-state index is 0.0176. The topological polar surface area (TPSA) is 46.5 Å². The molecule has 4 rings (SSSR count). The summed E-state index contributed by atoms with van der Waals surface area (Å²) in [6.45, 7) is 12.9. The van der Waals surface area contributed by atoms with Crippen LogP contribution in [0.5, 0.6) is 5.75 Å². The van der Waals surface area contributed by atoms with Crippen LogP contribution in [0.3, 0.4) is 0 Å². The number of aliphatic hydroxyl groups excluding tert-OH is 1. The Hall–Kier alpha value is -1.76. The van der Waals surface area contributed by atoms with Gasteiger partial charge in [0.2, 0.25) is 14.1 Å². The van der Waals surface area contributed by atoms with Gasteiger partial charge in [-0.25, -0.2) is 0 Å². The number of carbonyl (C=O) groups is 1. The monoisotopic (exact) mass is 480 g/mol. The van der Waals surface area contributed by atoms with E-state index in [9.17, 15) is 23.1 Å². The predicted octanol–water partition coefficient (Wildman–Crippen LogP) is 7.48. The lowest BCUT2D eigenvalue weighted by atomic mass is 9.55. The molecular weight excluding hydrogens is 445 g/mol. The van der Waals surface area contributed by atoms with Crippen LogP contribution in [0, 0.1) is 17.3 Å². The van der Waals surface area contributed by atoms with Crippen molar-refractivity contribution in [2.24, 2.45) is 17.3 Å². The molecule has 0 spiro atoms. The number of halogens is 3. The average molecular weight is 481 g/mol. The SMILES string of the molecule is CC(C)(C)[Si](C)(C)Oc1ccc2c(c1)CCC1C2CC[C@]2(C)C(=O)/C(=C(\O)C(F)(F)F)CC12. The van der Waals surface area contributed by atoms with E-state index < -0.39 is 37.0 Å². The van der Waals surface area contributed by atoms with Crippen molar-refractivity contribution < 1.29 is 27.5 Å². The van der Waals surface area contributed by atoms with Gasteiger partial charge in [0.05, 0.1) is 0 Å². The highest BCUT2D eigenvalue weighted by molar-refractivity contribution is 6.74. The van der Waals surface area contributed by atoms with Crippen LogP contribution in [0.25, 0.3) is 0 Å². The number of hydrogen-bond donors (Lipinski definition) is 1. The fraction of sp³-hybridized carbons (Fsp3) is 0.654. The zero-order valence-corrected chi connectivity index (χ0v) is 21.4. The maximum absolute atomic E-state index is 13.2. The predicted molar refractivity (Wildman–Crippen MR) is 125 cm³/mol. The largest absolute Gasteiger partial charge is 0.543 e. The minimum atomic E-state index is -4.88. The quantitative estimate of drug-likeness (QED) is 0.271. The van der Waals surface area contributed by atoms with Crippen molar-refractivity contribution in [2.45, 2.75) is 90.0 Å². The minimum Gasteiger partial charge on any atom is -0.543 e. The van der Waals surface area contributed by atoms with Gasteiger partial charge in [-0.1, -0.05) is 33.8 Å². The second-order valence-corrected chi connectivity index (χ2v) is 16.7. The molecule has 0 bridgehead atoms. The van der Waals surface area contributed by atoms with Gasteiger partial charge in [0, 0.05) is 11.0 Å². The number of hydrogen-bond acceptors (Lipinski definition) is 3. The number of rotatable bonds is 2. The van der Waals surface area contributed by atoms with Gasteiger partial charge in [0.25, 0.3) is 0 Å². The Kier molecular flexibility index (Phi) is 5.63. The number of ketones is 1. The summed E-state index contributed by atoms with van der Waals surface area (Å²) in [5.74, 6) is -1.09. The molecule has 7 heteroatoms. The second-order valence-electron chi connectivity index (χ2n) is 12.0. The van der Waals surface area contributed by atoms with Gasteiger partial charge < -0.3 is 9.53 Å². The fourth-order valence-corrected chi connectivity index (χ4v) is 7.10. The third-order valence-electron chi connectivity index (χ3n) is 9.04. The molecule has 1 N–H and O–H groups in total. The van der Waals surface area contributed by atoms with E-state index in [0.717, 1.165) is 25.0 Å². The standard InChI is InChI=1S/C26H35F3O3Si/c1-24(2,3)33(5,6)32-16-8-10-17-15(13-16)7-9-19-18(17)11-12-25(4)21(19)14-20(22(25)30)23(31)26(27,28)29/h8,10,13,18-19,21,31H,7,9,11-12,14H2,1-6H3/b23-20-/t18?,19?,21?,25-/m0/s1. The lowest BCUT2D eigenvalue weighted by Crippen LogP contribution is -2.44. The highest BCUT2D eigenvalue weighted by Crippen LogP contribution is 2.61. The van der Waals surface area contributed by atoms with Crippen LogP contribution < -0.4 is 4.43 Å². The Labute approximate surface area is 195 Å². The Morgan fingerprint density at radius 2 is 1.85 bits per heavy atom. The molecule has 0 aliphatic heterocycles. The van der Waals surface area contributed by atoms with Gasteiger partial charge in [0.1, 0.15) is 5.75 Å². The molecule has 0 heterocycles. The molecule has 1 aromatic carbocycles. The van der Waals surface area contributed by atoms with Crippen molar-refractivity contribution >= 4 is 14.1 Å². The van der Waals surface area contributed by atoms with Crippen molar-refractivity contribution in [1.29, 1.82) is 0 Å². The molecule has 3 aliphatic rings. The first-order valence-electron chi connectivity index (χ1n) is 11.9.